The maximum atomic E-state index is 13.4. The number of ether oxygens (including phenoxy) is 2. The molecule has 0 aliphatic heterocycles. The van der Waals surface area contributed by atoms with E-state index in [9.17, 15) is 30.0 Å². The van der Waals surface area contributed by atoms with Gasteiger partial charge in [0.25, 0.3) is 0 Å². The lowest BCUT2D eigenvalue weighted by atomic mass is 9.33. The molecule has 4 N–H and O–H groups in total. The van der Waals surface area contributed by atoms with Crippen LogP contribution >= 0.6 is 0 Å². The quantitative estimate of drug-likeness (QED) is 0.123. The van der Waals surface area contributed by atoms with Crippen LogP contribution < -0.4 is 0 Å². The Balaban J connectivity index is 1.18. The van der Waals surface area contributed by atoms with Crippen LogP contribution in [0.1, 0.15) is 97.6 Å². The molecule has 3 unspecified atom stereocenters. The number of esters is 2. The van der Waals surface area contributed by atoms with Crippen LogP contribution in [0.15, 0.2) is 84.5 Å². The number of fused-ring (bicyclic) bond motifs is 7. The maximum Gasteiger partial charge on any atom is 0.331 e. The predicted molar refractivity (Wildman–Crippen MR) is 216 cm³/mol. The summed E-state index contributed by atoms with van der Waals surface area (Å²) >= 11 is 0. The zero-order valence-corrected chi connectivity index (χ0v) is 34.0. The van der Waals surface area contributed by atoms with Crippen molar-refractivity contribution in [3.8, 4) is 0 Å². The third kappa shape index (κ3) is 6.34. The van der Waals surface area contributed by atoms with Gasteiger partial charge in [0.1, 0.15) is 6.10 Å². The van der Waals surface area contributed by atoms with Crippen LogP contribution in [0, 0.1) is 50.2 Å². The van der Waals surface area contributed by atoms with E-state index >= 15 is 0 Å². The van der Waals surface area contributed by atoms with Crippen LogP contribution in [-0.4, -0.2) is 70.0 Å². The van der Waals surface area contributed by atoms with E-state index in [0.29, 0.717) is 19.3 Å². The number of aliphatic hydroxyl groups excluding tert-OH is 4. The van der Waals surface area contributed by atoms with Gasteiger partial charge >= 0.3 is 11.9 Å². The monoisotopic (exact) mass is 766 g/mol. The molecular formula is C48H62O8. The van der Waals surface area contributed by atoms with Crippen molar-refractivity contribution in [2.75, 3.05) is 13.2 Å². The molecule has 0 saturated heterocycles. The first-order chi connectivity index (χ1) is 26.5. The molecule has 8 heteroatoms. The molecule has 56 heavy (non-hydrogen) atoms. The van der Waals surface area contributed by atoms with Gasteiger partial charge in [0.15, 0.2) is 0 Å². The Morgan fingerprint density at radius 1 is 0.768 bits per heavy atom. The van der Waals surface area contributed by atoms with Crippen molar-refractivity contribution >= 4 is 24.1 Å². The Morgan fingerprint density at radius 3 is 1.98 bits per heavy atom. The number of hydrogen-bond acceptors (Lipinski definition) is 8. The van der Waals surface area contributed by atoms with Crippen molar-refractivity contribution in [1.82, 2.24) is 0 Å². The minimum absolute atomic E-state index is 0.0998. The Morgan fingerprint density at radius 2 is 1.38 bits per heavy atom. The van der Waals surface area contributed by atoms with Gasteiger partial charge in [-0.15, -0.1) is 0 Å². The largest absolute Gasteiger partial charge is 0.462 e. The summed E-state index contributed by atoms with van der Waals surface area (Å²) in [4.78, 5) is 26.4. The van der Waals surface area contributed by atoms with Gasteiger partial charge < -0.3 is 29.9 Å². The second-order valence-corrected chi connectivity index (χ2v) is 19.5. The highest BCUT2D eigenvalue weighted by atomic mass is 16.6. The third-order valence-corrected chi connectivity index (χ3v) is 16.4. The van der Waals surface area contributed by atoms with E-state index in [4.69, 9.17) is 9.47 Å². The molecule has 5 aliphatic carbocycles. The molecule has 4 fully saturated rings. The summed E-state index contributed by atoms with van der Waals surface area (Å²) in [5.74, 6) is -1.06. The van der Waals surface area contributed by atoms with E-state index in [1.807, 2.05) is 74.5 Å². The van der Waals surface area contributed by atoms with E-state index in [1.165, 1.54) is 17.7 Å². The van der Waals surface area contributed by atoms with Crippen molar-refractivity contribution in [2.45, 2.75) is 111 Å². The predicted octanol–water partition coefficient (Wildman–Crippen LogP) is 7.55. The van der Waals surface area contributed by atoms with E-state index < -0.39 is 64.6 Å². The number of allylic oxidation sites excluding steroid dienone is 2. The normalized spacial score (nSPS) is 41.5. The van der Waals surface area contributed by atoms with Crippen LogP contribution in [0.2, 0.25) is 0 Å². The highest BCUT2D eigenvalue weighted by molar-refractivity contribution is 5.87. The lowest BCUT2D eigenvalue weighted by Gasteiger charge is -2.72. The summed E-state index contributed by atoms with van der Waals surface area (Å²) in [5, 5.41) is 47.4. The Kier molecular flexibility index (Phi) is 10.6. The summed E-state index contributed by atoms with van der Waals surface area (Å²) in [6.45, 7) is 12.8. The summed E-state index contributed by atoms with van der Waals surface area (Å²) in [6.07, 6.45) is 9.52. The zero-order chi connectivity index (χ0) is 40.3. The molecular weight excluding hydrogens is 705 g/mol. The maximum absolute atomic E-state index is 13.4. The summed E-state index contributed by atoms with van der Waals surface area (Å²) in [6, 6.07) is 19.1. The van der Waals surface area contributed by atoms with E-state index in [0.717, 1.165) is 36.8 Å². The zero-order valence-electron chi connectivity index (χ0n) is 34.0. The number of carbonyl (C=O) groups excluding carboxylic acids is 2. The van der Waals surface area contributed by atoms with Crippen molar-refractivity contribution in [1.29, 1.82) is 0 Å². The van der Waals surface area contributed by atoms with Crippen LogP contribution in [0.25, 0.3) is 12.2 Å². The molecule has 302 valence electrons. The fourth-order valence-corrected chi connectivity index (χ4v) is 12.9. The summed E-state index contributed by atoms with van der Waals surface area (Å²) in [7, 11) is 0. The molecule has 0 amide bonds. The highest BCUT2D eigenvalue weighted by Crippen LogP contribution is 2.76. The van der Waals surface area contributed by atoms with Gasteiger partial charge in [-0.3, -0.25) is 0 Å². The van der Waals surface area contributed by atoms with Gasteiger partial charge in [0.05, 0.1) is 36.9 Å². The van der Waals surface area contributed by atoms with Crippen molar-refractivity contribution in [3.63, 3.8) is 0 Å². The molecule has 8 nitrogen and oxygen atoms in total. The van der Waals surface area contributed by atoms with E-state index in [2.05, 4.69) is 33.8 Å². The molecule has 12 atom stereocenters. The van der Waals surface area contributed by atoms with E-state index in [-0.39, 0.29) is 35.2 Å². The second kappa shape index (κ2) is 14.7. The van der Waals surface area contributed by atoms with Crippen LogP contribution in [0.3, 0.4) is 0 Å². The molecule has 0 spiro atoms. The van der Waals surface area contributed by atoms with Crippen LogP contribution in [-0.2, 0) is 19.1 Å². The smallest absolute Gasteiger partial charge is 0.331 e. The molecule has 0 heterocycles. The number of carbonyl (C=O) groups is 2. The van der Waals surface area contributed by atoms with Crippen molar-refractivity contribution in [3.05, 3.63) is 95.6 Å². The highest BCUT2D eigenvalue weighted by Gasteiger charge is 2.73. The van der Waals surface area contributed by atoms with Gasteiger partial charge in [-0.25, -0.2) is 9.59 Å². The molecule has 0 aromatic heterocycles. The molecule has 2 aromatic rings. The second-order valence-electron chi connectivity index (χ2n) is 19.5. The van der Waals surface area contributed by atoms with Gasteiger partial charge in [-0.05, 0) is 108 Å². The third-order valence-electron chi connectivity index (χ3n) is 16.4. The molecule has 5 aliphatic rings. The molecule has 4 saturated carbocycles. The number of hydrogen-bond donors (Lipinski definition) is 4. The van der Waals surface area contributed by atoms with Gasteiger partial charge in [-0.1, -0.05) is 114 Å². The lowest BCUT2D eigenvalue weighted by molar-refractivity contribution is -0.263. The fourth-order valence-electron chi connectivity index (χ4n) is 12.9. The van der Waals surface area contributed by atoms with Gasteiger partial charge in [-0.2, -0.15) is 0 Å². The van der Waals surface area contributed by atoms with Gasteiger partial charge in [0.2, 0.25) is 0 Å². The fraction of sp³-hybridized carbons (Fsp3) is 0.583. The Bertz CT molecular complexity index is 1870. The first kappa shape index (κ1) is 40.6. The van der Waals surface area contributed by atoms with Crippen LogP contribution in [0.5, 0.6) is 0 Å². The number of aliphatic hydroxyl groups is 4. The Labute approximate surface area is 332 Å². The summed E-state index contributed by atoms with van der Waals surface area (Å²) in [5.41, 5.74) is -0.530. The number of benzene rings is 2. The lowest BCUT2D eigenvalue weighted by Crippen LogP contribution is -2.72. The molecule has 0 radical (unpaired) electrons. The summed E-state index contributed by atoms with van der Waals surface area (Å²) < 4.78 is 12.1. The average molecular weight is 767 g/mol. The van der Waals surface area contributed by atoms with Crippen molar-refractivity contribution in [2.24, 2.45) is 50.2 Å². The van der Waals surface area contributed by atoms with Gasteiger partial charge in [0, 0.05) is 17.6 Å². The Hall–Kier alpha value is -3.56. The molecule has 7 rings (SSSR count). The first-order valence-electron chi connectivity index (χ1n) is 20.7. The minimum Gasteiger partial charge on any atom is -0.462 e. The molecule has 0 bridgehead atoms. The average Bonchev–Trinajstić information content (AvgIpc) is 3.17. The SMILES string of the molecule is CC1(C)CC2C3=CCC4[C@@]5(C)CC[C@H](O)[C@](C)(COC(=O)/C=C/c6ccccc6)C5CC[C@@]4(C)[C@]3(C)C[C@@H](O)[C@@]2(CO)[C@@H](OC(=O)/C=C/c2ccccc2)[C@@H]1O. The standard InChI is InChI=1S/C48H62O8/c1-43(2)27-34-33-19-20-36-44(3)25-24-37(50)45(4,30-55-39(52)21-17-31-13-9-7-10-14-31)35(44)23-26-46(36,5)47(33,6)28-38(51)48(34,29-49)42(41(43)54)56-40(53)22-18-32-15-11-8-12-16-32/h7-19,21-22,34-38,41-42,49-51,54H,20,23-30H2,1-6H3/b21-17+,22-18+/t34?,35?,36?,37-,38+,41-,42-,44-,45+,46+,47+,48-/m0/s1. The van der Waals surface area contributed by atoms with Crippen LogP contribution in [0.4, 0.5) is 0 Å². The van der Waals surface area contributed by atoms with E-state index in [1.54, 1.807) is 12.2 Å². The number of rotatable bonds is 8. The first-order valence-corrected chi connectivity index (χ1v) is 20.7. The molecule has 2 aromatic carbocycles. The topological polar surface area (TPSA) is 134 Å². The minimum atomic E-state index is -1.28. The van der Waals surface area contributed by atoms with Crippen molar-refractivity contribution < 1.29 is 39.5 Å².